The summed E-state index contributed by atoms with van der Waals surface area (Å²) in [6.45, 7) is 0.166. The Hall–Kier alpha value is -2.36. The molecule has 96 valence electrons. The van der Waals surface area contributed by atoms with Gasteiger partial charge in [-0.2, -0.15) is 0 Å². The highest BCUT2D eigenvalue weighted by Crippen LogP contribution is 2.31. The molecule has 0 fully saturated rings. The molecule has 1 aliphatic heterocycles. The Morgan fingerprint density at radius 2 is 2.00 bits per heavy atom. The number of hydrogen-bond donors (Lipinski definition) is 0. The van der Waals surface area contributed by atoms with Crippen LogP contribution in [0.3, 0.4) is 0 Å². The van der Waals surface area contributed by atoms with Gasteiger partial charge in [-0.15, -0.1) is 0 Å². The van der Waals surface area contributed by atoms with Crippen molar-refractivity contribution in [2.24, 2.45) is 0 Å². The van der Waals surface area contributed by atoms with E-state index in [0.717, 1.165) is 0 Å². The van der Waals surface area contributed by atoms with Crippen molar-refractivity contribution in [3.05, 3.63) is 58.9 Å². The molecule has 0 radical (unpaired) electrons. The maximum absolute atomic E-state index is 13.7. The smallest absolute Gasteiger partial charge is 0.197 e. The minimum absolute atomic E-state index is 0.0616. The molecule has 2 aromatic carbocycles. The molecule has 4 heteroatoms. The van der Waals surface area contributed by atoms with E-state index < -0.39 is 5.82 Å². The topological polar surface area (TPSA) is 35.5 Å². The van der Waals surface area contributed by atoms with Crippen molar-refractivity contribution in [1.29, 1.82) is 0 Å². The van der Waals surface area contributed by atoms with Crippen LogP contribution in [-0.2, 0) is 6.61 Å². The highest BCUT2D eigenvalue weighted by Gasteiger charge is 2.23. The third-order valence-electron chi connectivity index (χ3n) is 3.14. The molecular formula is C15H11FO3. The van der Waals surface area contributed by atoms with Gasteiger partial charge in [0.05, 0.1) is 12.7 Å². The fourth-order valence-electron chi connectivity index (χ4n) is 2.16. The van der Waals surface area contributed by atoms with E-state index in [9.17, 15) is 9.18 Å². The van der Waals surface area contributed by atoms with Gasteiger partial charge in [-0.1, -0.05) is 12.1 Å². The minimum Gasteiger partial charge on any atom is -0.494 e. The predicted molar refractivity (Wildman–Crippen MR) is 67.2 cm³/mol. The zero-order chi connectivity index (χ0) is 13.4. The standard InChI is InChI=1S/C15H11FO3/c1-18-14-7-11-9(6-12(14)16)8-19-13-5-3-2-4-10(13)15(11)17/h2-7H,8H2,1H3. The molecule has 0 bridgehead atoms. The summed E-state index contributed by atoms with van der Waals surface area (Å²) >= 11 is 0. The van der Waals surface area contributed by atoms with Gasteiger partial charge in [0.15, 0.2) is 17.3 Å². The zero-order valence-electron chi connectivity index (χ0n) is 10.3. The van der Waals surface area contributed by atoms with E-state index in [2.05, 4.69) is 0 Å². The third-order valence-corrected chi connectivity index (χ3v) is 3.14. The second-order valence-corrected chi connectivity index (χ2v) is 4.26. The number of fused-ring (bicyclic) bond motifs is 2. The normalized spacial score (nSPS) is 13.1. The second kappa shape index (κ2) is 4.39. The van der Waals surface area contributed by atoms with Crippen LogP contribution < -0.4 is 9.47 Å². The quantitative estimate of drug-likeness (QED) is 0.788. The highest BCUT2D eigenvalue weighted by molar-refractivity contribution is 6.12. The van der Waals surface area contributed by atoms with Crippen molar-refractivity contribution in [3.63, 3.8) is 0 Å². The Morgan fingerprint density at radius 1 is 1.21 bits per heavy atom. The van der Waals surface area contributed by atoms with E-state index in [1.807, 2.05) is 0 Å². The average Bonchev–Trinajstić information content (AvgIpc) is 2.57. The summed E-state index contributed by atoms with van der Waals surface area (Å²) in [5, 5.41) is 0. The van der Waals surface area contributed by atoms with Gasteiger partial charge in [-0.25, -0.2) is 4.39 Å². The summed E-state index contributed by atoms with van der Waals surface area (Å²) in [4.78, 5) is 12.4. The van der Waals surface area contributed by atoms with Crippen LogP contribution in [0.1, 0.15) is 21.5 Å². The van der Waals surface area contributed by atoms with E-state index in [1.165, 1.54) is 19.2 Å². The van der Waals surface area contributed by atoms with Gasteiger partial charge in [0.2, 0.25) is 0 Å². The van der Waals surface area contributed by atoms with Crippen molar-refractivity contribution < 1.29 is 18.7 Å². The first-order chi connectivity index (χ1) is 9.20. The van der Waals surface area contributed by atoms with Crippen LogP contribution in [0, 0.1) is 5.82 Å². The molecule has 19 heavy (non-hydrogen) atoms. The molecule has 0 saturated heterocycles. The van der Waals surface area contributed by atoms with Gasteiger partial charge < -0.3 is 9.47 Å². The maximum Gasteiger partial charge on any atom is 0.197 e. The average molecular weight is 258 g/mol. The lowest BCUT2D eigenvalue weighted by Crippen LogP contribution is -2.04. The number of ketones is 1. The van der Waals surface area contributed by atoms with Crippen molar-refractivity contribution in [3.8, 4) is 11.5 Å². The number of carbonyl (C=O) groups is 1. The molecule has 1 aliphatic rings. The van der Waals surface area contributed by atoms with Crippen molar-refractivity contribution >= 4 is 5.78 Å². The molecule has 0 N–H and O–H groups in total. The van der Waals surface area contributed by atoms with Gasteiger partial charge >= 0.3 is 0 Å². The molecule has 0 aliphatic carbocycles. The second-order valence-electron chi connectivity index (χ2n) is 4.26. The molecular weight excluding hydrogens is 247 g/mol. The molecule has 0 saturated carbocycles. The lowest BCUT2D eigenvalue weighted by Gasteiger charge is -2.08. The van der Waals surface area contributed by atoms with E-state index in [0.29, 0.717) is 22.4 Å². The number of hydrogen-bond acceptors (Lipinski definition) is 3. The lowest BCUT2D eigenvalue weighted by molar-refractivity contribution is 0.103. The summed E-state index contributed by atoms with van der Waals surface area (Å²) in [5.74, 6) is -0.0976. The molecule has 0 spiro atoms. The summed E-state index contributed by atoms with van der Waals surface area (Å²) in [5.41, 5.74) is 1.43. The number of benzene rings is 2. The summed E-state index contributed by atoms with van der Waals surface area (Å²) in [6.07, 6.45) is 0. The first kappa shape index (κ1) is 11.7. The SMILES string of the molecule is COc1cc2c(cc1F)COc1ccccc1C2=O. The van der Waals surface area contributed by atoms with Crippen LogP contribution in [0.5, 0.6) is 11.5 Å². The number of methoxy groups -OCH3 is 1. The Balaban J connectivity index is 2.20. The maximum atomic E-state index is 13.7. The van der Waals surface area contributed by atoms with Gasteiger partial charge in [0.25, 0.3) is 0 Å². The molecule has 3 rings (SSSR count). The Kier molecular flexibility index (Phi) is 2.71. The number of halogens is 1. The van der Waals surface area contributed by atoms with E-state index in [1.54, 1.807) is 24.3 Å². The number of para-hydroxylation sites is 1. The van der Waals surface area contributed by atoms with Crippen LogP contribution >= 0.6 is 0 Å². The van der Waals surface area contributed by atoms with Gasteiger partial charge in [-0.05, 0) is 24.3 Å². The van der Waals surface area contributed by atoms with E-state index in [-0.39, 0.29) is 18.1 Å². The summed E-state index contributed by atoms with van der Waals surface area (Å²) in [6, 6.07) is 9.71. The van der Waals surface area contributed by atoms with Crippen LogP contribution in [0.2, 0.25) is 0 Å². The third kappa shape index (κ3) is 1.85. The largest absolute Gasteiger partial charge is 0.494 e. The molecule has 3 nitrogen and oxygen atoms in total. The molecule has 0 unspecified atom stereocenters. The molecule has 0 aromatic heterocycles. The Bertz CT molecular complexity index is 664. The Morgan fingerprint density at radius 3 is 2.79 bits per heavy atom. The summed E-state index contributed by atoms with van der Waals surface area (Å²) < 4.78 is 24.1. The van der Waals surface area contributed by atoms with Crippen molar-refractivity contribution in [2.75, 3.05) is 7.11 Å². The van der Waals surface area contributed by atoms with E-state index >= 15 is 0 Å². The van der Waals surface area contributed by atoms with Gasteiger partial charge in [0, 0.05) is 11.1 Å². The van der Waals surface area contributed by atoms with Crippen molar-refractivity contribution in [1.82, 2.24) is 0 Å². The first-order valence-corrected chi connectivity index (χ1v) is 5.83. The number of carbonyl (C=O) groups excluding carboxylic acids is 1. The fraction of sp³-hybridized carbons (Fsp3) is 0.133. The zero-order valence-corrected chi connectivity index (χ0v) is 10.3. The number of rotatable bonds is 1. The lowest BCUT2D eigenvalue weighted by atomic mass is 9.98. The molecule has 2 aromatic rings. The summed E-state index contributed by atoms with van der Waals surface area (Å²) in [7, 11) is 1.37. The first-order valence-electron chi connectivity index (χ1n) is 5.83. The van der Waals surface area contributed by atoms with Crippen LogP contribution in [0.25, 0.3) is 0 Å². The monoisotopic (exact) mass is 258 g/mol. The van der Waals surface area contributed by atoms with Crippen LogP contribution in [0.15, 0.2) is 36.4 Å². The molecule has 1 heterocycles. The molecule has 0 amide bonds. The highest BCUT2D eigenvalue weighted by atomic mass is 19.1. The van der Waals surface area contributed by atoms with Gasteiger partial charge in [0.1, 0.15) is 12.4 Å². The fourth-order valence-corrected chi connectivity index (χ4v) is 2.16. The van der Waals surface area contributed by atoms with Crippen molar-refractivity contribution in [2.45, 2.75) is 6.61 Å². The van der Waals surface area contributed by atoms with Gasteiger partial charge in [-0.3, -0.25) is 4.79 Å². The Labute approximate surface area is 109 Å². The molecule has 0 atom stereocenters. The van der Waals surface area contributed by atoms with Crippen LogP contribution in [-0.4, -0.2) is 12.9 Å². The van der Waals surface area contributed by atoms with Crippen LogP contribution in [0.4, 0.5) is 4.39 Å². The predicted octanol–water partition coefficient (Wildman–Crippen LogP) is 2.96. The number of ether oxygens (including phenoxy) is 2. The minimum atomic E-state index is -0.497. The van der Waals surface area contributed by atoms with E-state index in [4.69, 9.17) is 9.47 Å².